The summed E-state index contributed by atoms with van der Waals surface area (Å²) in [7, 11) is 1.52. The molecule has 1 saturated heterocycles. The number of carbonyl (C=O) groups is 3. The van der Waals surface area contributed by atoms with Crippen molar-refractivity contribution in [2.75, 3.05) is 13.7 Å². The van der Waals surface area contributed by atoms with E-state index in [0.29, 0.717) is 24.2 Å². The molecular formula is C20H24N4O4. The van der Waals surface area contributed by atoms with Crippen LogP contribution in [0.3, 0.4) is 0 Å². The Morgan fingerprint density at radius 1 is 1.32 bits per heavy atom. The second-order valence-electron chi connectivity index (χ2n) is 7.48. The maximum atomic E-state index is 13.0. The number of methoxy groups -OCH3 is 1. The van der Waals surface area contributed by atoms with Crippen molar-refractivity contribution in [3.05, 3.63) is 29.8 Å². The number of nitrogens with one attached hydrogen (secondary N) is 2. The van der Waals surface area contributed by atoms with E-state index in [0.717, 1.165) is 24.2 Å². The Morgan fingerprint density at radius 3 is 2.68 bits per heavy atom. The molecule has 1 aliphatic heterocycles. The van der Waals surface area contributed by atoms with Crippen LogP contribution < -0.4 is 15.4 Å². The van der Waals surface area contributed by atoms with Crippen LogP contribution >= 0.6 is 0 Å². The Morgan fingerprint density at radius 2 is 2.04 bits per heavy atom. The van der Waals surface area contributed by atoms with Crippen molar-refractivity contribution in [3.8, 4) is 11.8 Å². The van der Waals surface area contributed by atoms with Crippen molar-refractivity contribution in [1.82, 2.24) is 15.5 Å². The average Bonchev–Trinajstić information content (AvgIpc) is 2.92. The molecule has 8 heteroatoms. The Kier molecular flexibility index (Phi) is 5.27. The first kappa shape index (κ1) is 19.7. The quantitative estimate of drug-likeness (QED) is 0.752. The number of nitriles is 1. The molecule has 0 spiro atoms. The third kappa shape index (κ3) is 3.52. The standard InChI is InChI=1S/C20H24N4O4/c1-19(14-7-6-8-15(11-14)28-2)17(26)24(18(27)23-19)12-16(25)22-20(13-21)9-4-3-5-10-20/h6-8,11H,3-5,9-10,12H2,1-2H3,(H,22,25)(H,23,27)/t19-/m0/s1. The molecule has 0 radical (unpaired) electrons. The highest BCUT2D eigenvalue weighted by molar-refractivity contribution is 6.09. The third-order valence-corrected chi connectivity index (χ3v) is 5.52. The summed E-state index contributed by atoms with van der Waals surface area (Å²) in [6.07, 6.45) is 3.93. The molecule has 1 heterocycles. The van der Waals surface area contributed by atoms with Crippen molar-refractivity contribution in [2.24, 2.45) is 0 Å². The molecular weight excluding hydrogens is 360 g/mol. The minimum atomic E-state index is -1.29. The summed E-state index contributed by atoms with van der Waals surface area (Å²) in [4.78, 5) is 38.8. The zero-order chi connectivity index (χ0) is 20.4. The lowest BCUT2D eigenvalue weighted by atomic mass is 9.83. The van der Waals surface area contributed by atoms with Crippen LogP contribution in [-0.4, -0.2) is 41.9 Å². The van der Waals surface area contributed by atoms with Crippen molar-refractivity contribution < 1.29 is 19.1 Å². The van der Waals surface area contributed by atoms with Crippen LogP contribution in [0.2, 0.25) is 0 Å². The van der Waals surface area contributed by atoms with Gasteiger partial charge in [-0.25, -0.2) is 4.79 Å². The van der Waals surface area contributed by atoms with Gasteiger partial charge in [-0.3, -0.25) is 14.5 Å². The molecule has 1 aromatic carbocycles. The Hall–Kier alpha value is -3.08. The van der Waals surface area contributed by atoms with Gasteiger partial charge in [0.15, 0.2) is 0 Å². The maximum absolute atomic E-state index is 13.0. The number of imide groups is 1. The molecule has 28 heavy (non-hydrogen) atoms. The van der Waals surface area contributed by atoms with Gasteiger partial charge in [0, 0.05) is 0 Å². The minimum Gasteiger partial charge on any atom is -0.497 e. The van der Waals surface area contributed by atoms with Gasteiger partial charge in [0.25, 0.3) is 5.91 Å². The second-order valence-corrected chi connectivity index (χ2v) is 7.48. The smallest absolute Gasteiger partial charge is 0.325 e. The van der Waals surface area contributed by atoms with E-state index >= 15 is 0 Å². The van der Waals surface area contributed by atoms with Gasteiger partial charge in [-0.2, -0.15) is 5.26 Å². The molecule has 1 atom stereocenters. The molecule has 0 aromatic heterocycles. The summed E-state index contributed by atoms with van der Waals surface area (Å²) < 4.78 is 5.19. The molecule has 148 valence electrons. The molecule has 3 rings (SSSR count). The highest BCUT2D eigenvalue weighted by Crippen LogP contribution is 2.31. The zero-order valence-corrected chi connectivity index (χ0v) is 16.1. The van der Waals surface area contributed by atoms with Crippen LogP contribution in [0.4, 0.5) is 4.79 Å². The molecule has 2 N–H and O–H groups in total. The lowest BCUT2D eigenvalue weighted by molar-refractivity contribution is -0.135. The van der Waals surface area contributed by atoms with Gasteiger partial charge in [-0.05, 0) is 37.5 Å². The summed E-state index contributed by atoms with van der Waals surface area (Å²) in [6.45, 7) is 1.17. The van der Waals surface area contributed by atoms with Gasteiger partial charge in [0.1, 0.15) is 23.4 Å². The maximum Gasteiger partial charge on any atom is 0.325 e. The number of nitrogens with zero attached hydrogens (tertiary/aromatic N) is 2. The Labute approximate surface area is 163 Å². The number of urea groups is 1. The van der Waals surface area contributed by atoms with Crippen LogP contribution in [0.5, 0.6) is 5.75 Å². The van der Waals surface area contributed by atoms with Gasteiger partial charge in [0.2, 0.25) is 5.91 Å². The number of hydrogen-bond acceptors (Lipinski definition) is 5. The van der Waals surface area contributed by atoms with E-state index in [1.165, 1.54) is 7.11 Å². The lowest BCUT2D eigenvalue weighted by Crippen LogP contribution is -2.52. The van der Waals surface area contributed by atoms with Crippen LogP contribution in [-0.2, 0) is 15.1 Å². The molecule has 2 fully saturated rings. The third-order valence-electron chi connectivity index (χ3n) is 5.52. The van der Waals surface area contributed by atoms with Gasteiger partial charge in [-0.15, -0.1) is 0 Å². The fourth-order valence-corrected chi connectivity index (χ4v) is 3.84. The summed E-state index contributed by atoms with van der Waals surface area (Å²) in [5, 5.41) is 14.9. The first-order valence-electron chi connectivity index (χ1n) is 9.34. The molecule has 8 nitrogen and oxygen atoms in total. The normalized spacial score (nSPS) is 23.7. The fourth-order valence-electron chi connectivity index (χ4n) is 3.84. The van der Waals surface area contributed by atoms with Crippen LogP contribution in [0.1, 0.15) is 44.6 Å². The summed E-state index contributed by atoms with van der Waals surface area (Å²) >= 11 is 0. The second kappa shape index (κ2) is 7.50. The number of rotatable bonds is 5. The molecule has 1 saturated carbocycles. The van der Waals surface area contributed by atoms with E-state index in [9.17, 15) is 19.6 Å². The number of benzene rings is 1. The van der Waals surface area contributed by atoms with Gasteiger partial charge < -0.3 is 15.4 Å². The van der Waals surface area contributed by atoms with Gasteiger partial charge in [-0.1, -0.05) is 31.4 Å². The van der Waals surface area contributed by atoms with E-state index < -0.39 is 35.5 Å². The monoisotopic (exact) mass is 384 g/mol. The largest absolute Gasteiger partial charge is 0.497 e. The van der Waals surface area contributed by atoms with Crippen molar-refractivity contribution in [1.29, 1.82) is 5.26 Å². The SMILES string of the molecule is COc1cccc([C@]2(C)NC(=O)N(CC(=O)NC3(C#N)CCCCC3)C2=O)c1. The fraction of sp³-hybridized carbons (Fsp3) is 0.500. The molecule has 0 unspecified atom stereocenters. The Balaban J connectivity index is 1.74. The van der Waals surface area contributed by atoms with Gasteiger partial charge >= 0.3 is 6.03 Å². The molecule has 1 aromatic rings. The van der Waals surface area contributed by atoms with Crippen LogP contribution in [0.15, 0.2) is 24.3 Å². The molecule has 2 aliphatic rings. The number of hydrogen-bond donors (Lipinski definition) is 2. The predicted octanol–water partition coefficient (Wildman–Crippen LogP) is 1.80. The number of carbonyl (C=O) groups excluding carboxylic acids is 3. The molecule has 4 amide bonds. The first-order chi connectivity index (χ1) is 13.3. The topological polar surface area (TPSA) is 112 Å². The molecule has 0 bridgehead atoms. The lowest BCUT2D eigenvalue weighted by Gasteiger charge is -2.32. The summed E-state index contributed by atoms with van der Waals surface area (Å²) in [6, 6.07) is 8.43. The molecule has 1 aliphatic carbocycles. The van der Waals surface area contributed by atoms with Crippen molar-refractivity contribution in [3.63, 3.8) is 0 Å². The van der Waals surface area contributed by atoms with Gasteiger partial charge in [0.05, 0.1) is 13.2 Å². The number of ether oxygens (including phenoxy) is 1. The minimum absolute atomic E-state index is 0.423. The predicted molar refractivity (Wildman–Crippen MR) is 100 cm³/mol. The summed E-state index contributed by atoms with van der Waals surface area (Å²) in [5.41, 5.74) is -1.64. The van der Waals surface area contributed by atoms with Crippen molar-refractivity contribution >= 4 is 17.8 Å². The summed E-state index contributed by atoms with van der Waals surface area (Å²) in [5.74, 6) is -0.470. The Bertz CT molecular complexity index is 841. The first-order valence-corrected chi connectivity index (χ1v) is 9.34. The highest BCUT2D eigenvalue weighted by Gasteiger charge is 2.50. The average molecular weight is 384 g/mol. The van der Waals surface area contributed by atoms with E-state index in [-0.39, 0.29) is 0 Å². The van der Waals surface area contributed by atoms with E-state index in [1.807, 2.05) is 0 Å². The number of amides is 4. The highest BCUT2D eigenvalue weighted by atomic mass is 16.5. The van der Waals surface area contributed by atoms with Crippen molar-refractivity contribution in [2.45, 2.75) is 50.1 Å². The zero-order valence-electron chi connectivity index (χ0n) is 16.1. The van der Waals surface area contributed by atoms with Crippen LogP contribution in [0, 0.1) is 11.3 Å². The van der Waals surface area contributed by atoms with Crippen LogP contribution in [0.25, 0.3) is 0 Å². The van der Waals surface area contributed by atoms with E-state index in [2.05, 4.69) is 16.7 Å². The van der Waals surface area contributed by atoms with E-state index in [1.54, 1.807) is 31.2 Å². The van der Waals surface area contributed by atoms with E-state index in [4.69, 9.17) is 4.74 Å².